The minimum Gasteiger partial charge on any atom is -0.310 e. The molecule has 20 heavy (non-hydrogen) atoms. The van der Waals surface area contributed by atoms with E-state index in [1.54, 1.807) is 0 Å². The van der Waals surface area contributed by atoms with E-state index in [9.17, 15) is 0 Å². The lowest BCUT2D eigenvalue weighted by atomic mass is 10.0. The van der Waals surface area contributed by atoms with E-state index in [0.29, 0.717) is 12.1 Å². The first kappa shape index (κ1) is 16.2. The van der Waals surface area contributed by atoms with Gasteiger partial charge in [0.2, 0.25) is 0 Å². The molecule has 0 amide bonds. The number of nitrogens with one attached hydrogen (secondary N) is 1. The Kier molecular flexibility index (Phi) is 6.75. The van der Waals surface area contributed by atoms with Gasteiger partial charge in [-0.15, -0.1) is 0 Å². The van der Waals surface area contributed by atoms with Gasteiger partial charge in [-0.1, -0.05) is 29.8 Å². The molecule has 1 aliphatic heterocycles. The van der Waals surface area contributed by atoms with E-state index in [2.05, 4.69) is 79.0 Å². The van der Waals surface area contributed by atoms with E-state index in [1.807, 2.05) is 0 Å². The second kappa shape index (κ2) is 8.32. The summed E-state index contributed by atoms with van der Waals surface area (Å²) in [5.74, 6) is 5.11. The second-order valence-corrected chi connectivity index (χ2v) is 7.95. The van der Waals surface area contributed by atoms with Gasteiger partial charge in [0.15, 0.2) is 0 Å². The van der Waals surface area contributed by atoms with Crippen LogP contribution in [0.15, 0.2) is 24.3 Å². The highest BCUT2D eigenvalue weighted by Gasteiger charge is 2.18. The number of aryl methyl sites for hydroxylation is 1. The first-order valence-corrected chi connectivity index (χ1v) is 9.59. The summed E-state index contributed by atoms with van der Waals surface area (Å²) >= 11 is 4.17. The molecule has 1 N–H and O–H groups in total. The van der Waals surface area contributed by atoms with Gasteiger partial charge < -0.3 is 10.2 Å². The zero-order chi connectivity index (χ0) is 14.4. The van der Waals surface area contributed by atoms with Crippen LogP contribution < -0.4 is 5.32 Å². The van der Waals surface area contributed by atoms with Gasteiger partial charge in [0.25, 0.3) is 0 Å². The summed E-state index contributed by atoms with van der Waals surface area (Å²) in [6.45, 7) is 3.20. The molecule has 2 nitrogen and oxygen atoms in total. The Bertz CT molecular complexity index is 401. The van der Waals surface area contributed by atoms with Gasteiger partial charge in [-0.25, -0.2) is 0 Å². The predicted molar refractivity (Wildman–Crippen MR) is 94.0 cm³/mol. The summed E-state index contributed by atoms with van der Waals surface area (Å²) < 4.78 is 0. The Morgan fingerprint density at radius 3 is 2.55 bits per heavy atom. The highest BCUT2D eigenvalue weighted by atomic mass is 32.2. The smallest absolute Gasteiger partial charge is 0.0467 e. The fourth-order valence-corrected chi connectivity index (χ4v) is 4.96. The van der Waals surface area contributed by atoms with Gasteiger partial charge in [-0.05, 0) is 26.6 Å². The van der Waals surface area contributed by atoms with Gasteiger partial charge in [0, 0.05) is 41.6 Å². The van der Waals surface area contributed by atoms with Gasteiger partial charge >= 0.3 is 0 Å². The van der Waals surface area contributed by atoms with Crippen LogP contribution >= 0.6 is 23.5 Å². The molecule has 0 aromatic heterocycles. The molecule has 1 fully saturated rings. The molecular formula is C16H26N2S2. The van der Waals surface area contributed by atoms with Crippen molar-refractivity contribution in [1.29, 1.82) is 0 Å². The Hall–Kier alpha value is -0.160. The summed E-state index contributed by atoms with van der Waals surface area (Å²) in [6.07, 6.45) is 0. The van der Waals surface area contributed by atoms with Crippen LogP contribution in [0.1, 0.15) is 17.2 Å². The third kappa shape index (κ3) is 4.99. The summed E-state index contributed by atoms with van der Waals surface area (Å²) in [5, 5.41) is 3.78. The van der Waals surface area contributed by atoms with Crippen molar-refractivity contribution in [3.63, 3.8) is 0 Å². The van der Waals surface area contributed by atoms with Gasteiger partial charge in [0.1, 0.15) is 0 Å². The Labute approximate surface area is 132 Å². The number of rotatable bonds is 5. The van der Waals surface area contributed by atoms with Crippen LogP contribution in [0, 0.1) is 6.92 Å². The lowest BCUT2D eigenvalue weighted by Gasteiger charge is -2.27. The maximum absolute atomic E-state index is 3.78. The minimum absolute atomic E-state index is 0.452. The van der Waals surface area contributed by atoms with Crippen LogP contribution in [0.3, 0.4) is 0 Å². The van der Waals surface area contributed by atoms with E-state index < -0.39 is 0 Å². The molecule has 1 aliphatic rings. The molecule has 0 radical (unpaired) electrons. The number of nitrogens with zero attached hydrogens (tertiary/aromatic N) is 1. The molecule has 2 rings (SSSR count). The monoisotopic (exact) mass is 310 g/mol. The maximum Gasteiger partial charge on any atom is 0.0467 e. The van der Waals surface area contributed by atoms with Crippen LogP contribution in [0.5, 0.6) is 0 Å². The van der Waals surface area contributed by atoms with E-state index in [0.717, 1.165) is 6.54 Å². The molecule has 1 heterocycles. The molecule has 112 valence electrons. The molecule has 0 spiro atoms. The zero-order valence-electron chi connectivity index (χ0n) is 12.8. The normalized spacial score (nSPS) is 19.0. The lowest BCUT2D eigenvalue weighted by Crippen LogP contribution is -2.39. The van der Waals surface area contributed by atoms with Gasteiger partial charge in [-0.2, -0.15) is 23.5 Å². The lowest BCUT2D eigenvalue weighted by molar-refractivity contribution is 0.284. The number of benzene rings is 1. The van der Waals surface area contributed by atoms with E-state index in [4.69, 9.17) is 0 Å². The van der Waals surface area contributed by atoms with E-state index in [-0.39, 0.29) is 0 Å². The molecule has 0 saturated carbocycles. The highest BCUT2D eigenvalue weighted by Crippen LogP contribution is 2.20. The first-order chi connectivity index (χ1) is 9.66. The van der Waals surface area contributed by atoms with Crippen LogP contribution in [-0.2, 0) is 0 Å². The summed E-state index contributed by atoms with van der Waals surface area (Å²) in [7, 11) is 4.34. The highest BCUT2D eigenvalue weighted by molar-refractivity contribution is 8.03. The molecule has 0 unspecified atom stereocenters. The number of hydrogen-bond acceptors (Lipinski definition) is 4. The third-order valence-electron chi connectivity index (χ3n) is 3.66. The SMILES string of the molecule is Cc1cccc([C@@H](CNC2CSCCSC2)N(C)C)c1. The molecule has 4 heteroatoms. The first-order valence-electron chi connectivity index (χ1n) is 7.28. The van der Waals surface area contributed by atoms with Crippen LogP contribution in [-0.4, -0.2) is 54.6 Å². The predicted octanol–water partition coefficient (Wildman–Crippen LogP) is 3.04. The molecular weight excluding hydrogens is 284 g/mol. The number of thioether (sulfide) groups is 2. The van der Waals surface area contributed by atoms with E-state index >= 15 is 0 Å². The Morgan fingerprint density at radius 2 is 1.95 bits per heavy atom. The summed E-state index contributed by atoms with van der Waals surface area (Å²) in [5.41, 5.74) is 2.76. The Balaban J connectivity index is 1.95. The summed E-state index contributed by atoms with van der Waals surface area (Å²) in [6, 6.07) is 9.99. The fourth-order valence-electron chi connectivity index (χ4n) is 2.49. The van der Waals surface area contributed by atoms with Crippen LogP contribution in [0.2, 0.25) is 0 Å². The third-order valence-corrected chi connectivity index (χ3v) is 6.18. The zero-order valence-corrected chi connectivity index (χ0v) is 14.4. The topological polar surface area (TPSA) is 15.3 Å². The van der Waals surface area contributed by atoms with Gasteiger partial charge in [-0.3, -0.25) is 0 Å². The molecule has 1 aromatic carbocycles. The number of hydrogen-bond donors (Lipinski definition) is 1. The van der Waals surface area contributed by atoms with Crippen molar-refractivity contribution >= 4 is 23.5 Å². The van der Waals surface area contributed by atoms with Crippen molar-refractivity contribution in [2.45, 2.75) is 19.0 Å². The van der Waals surface area contributed by atoms with E-state index in [1.165, 1.54) is 34.1 Å². The fraction of sp³-hybridized carbons (Fsp3) is 0.625. The molecule has 1 aromatic rings. The quantitative estimate of drug-likeness (QED) is 0.899. The van der Waals surface area contributed by atoms with Crippen molar-refractivity contribution in [2.24, 2.45) is 0 Å². The second-order valence-electron chi connectivity index (χ2n) is 5.65. The molecule has 0 bridgehead atoms. The largest absolute Gasteiger partial charge is 0.310 e. The average Bonchev–Trinajstić information content (AvgIpc) is 2.67. The van der Waals surface area contributed by atoms with Crippen LogP contribution in [0.4, 0.5) is 0 Å². The molecule has 1 atom stereocenters. The Morgan fingerprint density at radius 1 is 1.25 bits per heavy atom. The standard InChI is InChI=1S/C16H26N2S2/c1-13-5-4-6-14(9-13)16(18(2)3)10-17-15-11-19-7-8-20-12-15/h4-6,9,15-17H,7-8,10-12H2,1-3H3/t16-/m1/s1. The van der Waals surface area contributed by atoms with Crippen molar-refractivity contribution in [2.75, 3.05) is 43.7 Å². The van der Waals surface area contributed by atoms with Gasteiger partial charge in [0.05, 0.1) is 0 Å². The summed E-state index contributed by atoms with van der Waals surface area (Å²) in [4.78, 5) is 2.32. The number of likely N-dealkylation sites (N-methyl/N-ethyl adjacent to an activating group) is 1. The molecule has 0 aliphatic carbocycles. The molecule has 1 saturated heterocycles. The van der Waals surface area contributed by atoms with Crippen molar-refractivity contribution in [3.05, 3.63) is 35.4 Å². The van der Waals surface area contributed by atoms with Crippen LogP contribution in [0.25, 0.3) is 0 Å². The van der Waals surface area contributed by atoms with Crippen molar-refractivity contribution < 1.29 is 0 Å². The van der Waals surface area contributed by atoms with Crippen molar-refractivity contribution in [3.8, 4) is 0 Å². The maximum atomic E-state index is 3.78. The minimum atomic E-state index is 0.452. The van der Waals surface area contributed by atoms with Crippen molar-refractivity contribution in [1.82, 2.24) is 10.2 Å². The average molecular weight is 311 g/mol.